The molecule has 2 nitrogen and oxygen atoms in total. The number of hydrogen-bond acceptors (Lipinski definition) is 2. The smallest absolute Gasteiger partial charge is 0.0230 e. The first kappa shape index (κ1) is 12.7. The van der Waals surface area contributed by atoms with Crippen molar-refractivity contribution in [1.82, 2.24) is 10.2 Å². The van der Waals surface area contributed by atoms with Gasteiger partial charge in [0.25, 0.3) is 0 Å². The second kappa shape index (κ2) is 6.99. The highest BCUT2D eigenvalue weighted by Gasteiger charge is 1.99. The maximum absolute atomic E-state index is 3.44. The lowest BCUT2D eigenvalue weighted by molar-refractivity contribution is 0.321. The minimum Gasteiger partial charge on any atom is -0.320 e. The predicted molar refractivity (Wildman–Crippen MR) is 69.0 cm³/mol. The Balaban J connectivity index is 2.31. The number of nitrogens with one attached hydrogen (secondary N) is 1. The van der Waals surface area contributed by atoms with Crippen molar-refractivity contribution in [3.63, 3.8) is 0 Å². The third-order valence-electron chi connectivity index (χ3n) is 2.33. The number of hydrogen-bond donors (Lipinski definition) is 1. The molecule has 0 saturated heterocycles. The molecule has 0 atom stereocenters. The molecule has 3 heteroatoms. The van der Waals surface area contributed by atoms with Crippen molar-refractivity contribution in [3.8, 4) is 0 Å². The van der Waals surface area contributed by atoms with E-state index in [0.717, 1.165) is 24.1 Å². The normalized spacial score (nSPS) is 10.9. The fraction of sp³-hybridized carbons (Fsp3) is 0.500. The Kier molecular flexibility index (Phi) is 5.91. The van der Waals surface area contributed by atoms with Gasteiger partial charge in [-0.05, 0) is 51.3 Å². The lowest BCUT2D eigenvalue weighted by Crippen LogP contribution is -2.22. The van der Waals surface area contributed by atoms with Gasteiger partial charge in [0.1, 0.15) is 0 Å². The van der Waals surface area contributed by atoms with E-state index in [1.54, 1.807) is 0 Å². The Labute approximate surface area is 101 Å². The van der Waals surface area contributed by atoms with Crippen molar-refractivity contribution >= 4 is 15.9 Å². The van der Waals surface area contributed by atoms with Crippen LogP contribution in [0.5, 0.6) is 0 Å². The van der Waals surface area contributed by atoms with E-state index in [2.05, 4.69) is 57.5 Å². The van der Waals surface area contributed by atoms with Crippen LogP contribution in [-0.2, 0) is 6.54 Å². The molecule has 0 aliphatic rings. The summed E-state index contributed by atoms with van der Waals surface area (Å²) in [6, 6.07) is 8.52. The maximum Gasteiger partial charge on any atom is 0.0230 e. The molecule has 0 aliphatic carbocycles. The highest BCUT2D eigenvalue weighted by Crippen LogP contribution is 2.11. The number of nitrogens with zero attached hydrogens (tertiary/aromatic N) is 1. The van der Waals surface area contributed by atoms with E-state index < -0.39 is 0 Å². The van der Waals surface area contributed by atoms with E-state index in [1.165, 1.54) is 12.0 Å². The molecule has 15 heavy (non-hydrogen) atoms. The molecule has 0 aromatic heterocycles. The van der Waals surface area contributed by atoms with Gasteiger partial charge in [0.05, 0.1) is 0 Å². The summed E-state index contributed by atoms with van der Waals surface area (Å²) >= 11 is 3.44. The standard InChI is InChI=1S/C12H19BrN2/c1-14-8-3-9-15(2)10-11-4-6-12(13)7-5-11/h4-7,14H,3,8-10H2,1-2H3. The van der Waals surface area contributed by atoms with E-state index in [4.69, 9.17) is 0 Å². The Bertz CT molecular complexity index is 271. The topological polar surface area (TPSA) is 15.3 Å². The van der Waals surface area contributed by atoms with Gasteiger partial charge in [-0.15, -0.1) is 0 Å². The van der Waals surface area contributed by atoms with E-state index in [9.17, 15) is 0 Å². The van der Waals surface area contributed by atoms with E-state index in [1.807, 2.05) is 7.05 Å². The molecule has 0 unspecified atom stereocenters. The predicted octanol–water partition coefficient (Wildman–Crippen LogP) is 2.49. The summed E-state index contributed by atoms with van der Waals surface area (Å²) in [5.74, 6) is 0. The summed E-state index contributed by atoms with van der Waals surface area (Å²) in [6.45, 7) is 3.25. The molecule has 84 valence electrons. The van der Waals surface area contributed by atoms with Crippen molar-refractivity contribution in [2.75, 3.05) is 27.2 Å². The first-order chi connectivity index (χ1) is 7.22. The summed E-state index contributed by atoms with van der Waals surface area (Å²) in [6.07, 6.45) is 1.20. The summed E-state index contributed by atoms with van der Waals surface area (Å²) in [7, 11) is 4.16. The van der Waals surface area contributed by atoms with Crippen molar-refractivity contribution in [1.29, 1.82) is 0 Å². The molecule has 0 aliphatic heterocycles. The van der Waals surface area contributed by atoms with Gasteiger partial charge in [-0.3, -0.25) is 0 Å². The van der Waals surface area contributed by atoms with Gasteiger partial charge in [0.15, 0.2) is 0 Å². The van der Waals surface area contributed by atoms with Crippen molar-refractivity contribution < 1.29 is 0 Å². The van der Waals surface area contributed by atoms with Crippen LogP contribution >= 0.6 is 15.9 Å². The van der Waals surface area contributed by atoms with E-state index in [-0.39, 0.29) is 0 Å². The van der Waals surface area contributed by atoms with Gasteiger partial charge in [-0.2, -0.15) is 0 Å². The molecular weight excluding hydrogens is 252 g/mol. The summed E-state index contributed by atoms with van der Waals surface area (Å²) in [5.41, 5.74) is 1.37. The molecule has 0 bridgehead atoms. The third-order valence-corrected chi connectivity index (χ3v) is 2.86. The zero-order valence-corrected chi connectivity index (χ0v) is 11.0. The first-order valence-corrected chi connectivity index (χ1v) is 6.09. The van der Waals surface area contributed by atoms with Gasteiger partial charge in [0.2, 0.25) is 0 Å². The quantitative estimate of drug-likeness (QED) is 0.800. The molecule has 1 N–H and O–H groups in total. The fourth-order valence-electron chi connectivity index (χ4n) is 1.51. The SMILES string of the molecule is CNCCCN(C)Cc1ccc(Br)cc1. The van der Waals surface area contributed by atoms with Crippen molar-refractivity contribution in [3.05, 3.63) is 34.3 Å². The zero-order chi connectivity index (χ0) is 11.1. The van der Waals surface area contributed by atoms with Crippen LogP contribution < -0.4 is 5.32 Å². The maximum atomic E-state index is 3.44. The molecular formula is C12H19BrN2. The van der Waals surface area contributed by atoms with Crippen LogP contribution in [0.15, 0.2) is 28.7 Å². The molecule has 0 saturated carbocycles. The molecule has 0 spiro atoms. The van der Waals surface area contributed by atoms with Crippen LogP contribution in [0.1, 0.15) is 12.0 Å². The van der Waals surface area contributed by atoms with Crippen LogP contribution in [-0.4, -0.2) is 32.1 Å². The molecule has 1 aromatic carbocycles. The van der Waals surface area contributed by atoms with Crippen LogP contribution in [0.3, 0.4) is 0 Å². The Morgan fingerprint density at radius 3 is 2.53 bits per heavy atom. The Hall–Kier alpha value is -0.380. The Morgan fingerprint density at radius 1 is 1.27 bits per heavy atom. The average molecular weight is 271 g/mol. The monoisotopic (exact) mass is 270 g/mol. The van der Waals surface area contributed by atoms with Crippen molar-refractivity contribution in [2.24, 2.45) is 0 Å². The fourth-order valence-corrected chi connectivity index (χ4v) is 1.77. The minimum atomic E-state index is 1.02. The number of rotatable bonds is 6. The summed E-state index contributed by atoms with van der Waals surface area (Å²) in [4.78, 5) is 2.35. The first-order valence-electron chi connectivity index (χ1n) is 5.30. The van der Waals surface area contributed by atoms with Crippen LogP contribution in [0.2, 0.25) is 0 Å². The van der Waals surface area contributed by atoms with Crippen molar-refractivity contribution in [2.45, 2.75) is 13.0 Å². The second-order valence-electron chi connectivity index (χ2n) is 3.82. The van der Waals surface area contributed by atoms with Gasteiger partial charge < -0.3 is 10.2 Å². The number of halogens is 1. The van der Waals surface area contributed by atoms with E-state index in [0.29, 0.717) is 0 Å². The highest BCUT2D eigenvalue weighted by molar-refractivity contribution is 9.10. The number of benzene rings is 1. The van der Waals surface area contributed by atoms with Gasteiger partial charge in [-0.25, -0.2) is 0 Å². The van der Waals surface area contributed by atoms with Gasteiger partial charge in [-0.1, -0.05) is 28.1 Å². The van der Waals surface area contributed by atoms with Crippen LogP contribution in [0, 0.1) is 0 Å². The largest absolute Gasteiger partial charge is 0.320 e. The Morgan fingerprint density at radius 2 is 1.93 bits per heavy atom. The average Bonchev–Trinajstić information content (AvgIpc) is 2.22. The molecule has 1 rings (SSSR count). The van der Waals surface area contributed by atoms with Gasteiger partial charge >= 0.3 is 0 Å². The molecule has 1 aromatic rings. The minimum absolute atomic E-state index is 1.02. The van der Waals surface area contributed by atoms with E-state index >= 15 is 0 Å². The summed E-state index contributed by atoms with van der Waals surface area (Å²) in [5, 5.41) is 3.16. The molecule has 0 radical (unpaired) electrons. The van der Waals surface area contributed by atoms with Crippen LogP contribution in [0.4, 0.5) is 0 Å². The lowest BCUT2D eigenvalue weighted by Gasteiger charge is -2.16. The summed E-state index contributed by atoms with van der Waals surface area (Å²) < 4.78 is 1.14. The van der Waals surface area contributed by atoms with Gasteiger partial charge in [0, 0.05) is 11.0 Å². The lowest BCUT2D eigenvalue weighted by atomic mass is 10.2. The zero-order valence-electron chi connectivity index (χ0n) is 9.46. The highest BCUT2D eigenvalue weighted by atomic mass is 79.9. The third kappa shape index (κ3) is 5.30. The molecule has 0 heterocycles. The second-order valence-corrected chi connectivity index (χ2v) is 4.74. The molecule has 0 amide bonds. The van der Waals surface area contributed by atoms with Crippen LogP contribution in [0.25, 0.3) is 0 Å². The molecule has 0 fully saturated rings.